The number of hydrogen-bond donors (Lipinski definition) is 0. The molecule has 1 aliphatic carbocycles. The van der Waals surface area contributed by atoms with E-state index in [1.54, 1.807) is 13.0 Å². The van der Waals surface area contributed by atoms with E-state index in [0.29, 0.717) is 11.6 Å². The number of aromatic nitrogens is 1. The third kappa shape index (κ3) is 2.75. The second kappa shape index (κ2) is 5.85. The number of nitrogens with zero attached hydrogens (tertiary/aromatic N) is 1. The molecule has 0 bridgehead atoms. The van der Waals surface area contributed by atoms with Crippen LogP contribution in [0.3, 0.4) is 0 Å². The minimum absolute atomic E-state index is 0.190. The average Bonchev–Trinajstić information content (AvgIpc) is 2.76. The summed E-state index contributed by atoms with van der Waals surface area (Å²) in [5, 5.41) is 0.326. The summed E-state index contributed by atoms with van der Waals surface area (Å²) in [6, 6.07) is 3.54. The molecule has 0 aliphatic heterocycles. The zero-order chi connectivity index (χ0) is 13.1. The van der Waals surface area contributed by atoms with Crippen molar-refractivity contribution < 1.29 is 9.53 Å². The summed E-state index contributed by atoms with van der Waals surface area (Å²) in [6.45, 7) is 2.07. The van der Waals surface area contributed by atoms with Crippen molar-refractivity contribution in [3.8, 4) is 0 Å². The van der Waals surface area contributed by atoms with E-state index in [1.165, 1.54) is 0 Å². The van der Waals surface area contributed by atoms with E-state index in [0.717, 1.165) is 35.0 Å². The van der Waals surface area contributed by atoms with Crippen LogP contribution in [0, 0.1) is 0 Å². The Balaban J connectivity index is 2.38. The molecule has 3 nitrogen and oxygen atoms in total. The second-order valence-corrected chi connectivity index (χ2v) is 5.35. The van der Waals surface area contributed by atoms with E-state index < -0.39 is 5.97 Å². The van der Waals surface area contributed by atoms with Crippen LogP contribution < -0.4 is 0 Å². The number of rotatable bonds is 3. The SMILES string of the molecule is CCOC(=O)c1nc(C2=C(Br)CCC2)ccc1Cl. The van der Waals surface area contributed by atoms with Gasteiger partial charge in [0.05, 0.1) is 17.3 Å². The smallest absolute Gasteiger partial charge is 0.358 e. The first-order valence-corrected chi connectivity index (χ1v) is 7.02. The van der Waals surface area contributed by atoms with Crippen molar-refractivity contribution in [1.82, 2.24) is 4.98 Å². The van der Waals surface area contributed by atoms with E-state index in [-0.39, 0.29) is 5.69 Å². The molecule has 1 aromatic rings. The van der Waals surface area contributed by atoms with Gasteiger partial charge in [-0.1, -0.05) is 27.5 Å². The number of carbonyl (C=O) groups excluding carboxylic acids is 1. The first kappa shape index (κ1) is 13.6. The molecule has 0 fully saturated rings. The molecule has 5 heteroatoms. The van der Waals surface area contributed by atoms with Gasteiger partial charge < -0.3 is 4.74 Å². The fourth-order valence-electron chi connectivity index (χ4n) is 1.93. The van der Waals surface area contributed by atoms with Crippen LogP contribution >= 0.6 is 27.5 Å². The molecule has 0 atom stereocenters. The summed E-state index contributed by atoms with van der Waals surface area (Å²) in [5.74, 6) is -0.473. The van der Waals surface area contributed by atoms with Crippen molar-refractivity contribution in [3.05, 3.63) is 33.0 Å². The molecule has 2 rings (SSSR count). The minimum atomic E-state index is -0.473. The highest BCUT2D eigenvalue weighted by Crippen LogP contribution is 2.36. The molecule has 18 heavy (non-hydrogen) atoms. The van der Waals surface area contributed by atoms with Crippen molar-refractivity contribution in [2.75, 3.05) is 6.61 Å². The summed E-state index contributed by atoms with van der Waals surface area (Å²) >= 11 is 9.52. The molecule has 0 unspecified atom stereocenters. The Bertz CT molecular complexity index is 514. The first-order chi connectivity index (χ1) is 8.63. The maximum absolute atomic E-state index is 11.7. The predicted octanol–water partition coefficient (Wildman–Crippen LogP) is 4.20. The van der Waals surface area contributed by atoms with Gasteiger partial charge in [-0.25, -0.2) is 9.78 Å². The van der Waals surface area contributed by atoms with Crippen molar-refractivity contribution in [1.29, 1.82) is 0 Å². The molecule has 0 amide bonds. The third-order valence-corrected chi connectivity index (χ3v) is 3.95. The maximum atomic E-state index is 11.7. The van der Waals surface area contributed by atoms with Crippen molar-refractivity contribution >= 4 is 39.1 Å². The number of hydrogen-bond acceptors (Lipinski definition) is 3. The summed E-state index contributed by atoms with van der Waals surface area (Å²) in [7, 11) is 0. The lowest BCUT2D eigenvalue weighted by Crippen LogP contribution is -2.09. The van der Waals surface area contributed by atoms with Crippen LogP contribution in [-0.2, 0) is 4.74 Å². The third-order valence-electron chi connectivity index (χ3n) is 2.77. The summed E-state index contributed by atoms with van der Waals surface area (Å²) < 4.78 is 6.10. The van der Waals surface area contributed by atoms with E-state index in [2.05, 4.69) is 20.9 Å². The van der Waals surface area contributed by atoms with Gasteiger partial charge >= 0.3 is 5.97 Å². The van der Waals surface area contributed by atoms with Gasteiger partial charge in [0.25, 0.3) is 0 Å². The largest absolute Gasteiger partial charge is 0.461 e. The first-order valence-electron chi connectivity index (χ1n) is 5.85. The molecule has 0 saturated carbocycles. The number of esters is 1. The quantitative estimate of drug-likeness (QED) is 0.780. The molecule has 1 aromatic heterocycles. The van der Waals surface area contributed by atoms with Crippen LogP contribution in [0.4, 0.5) is 0 Å². The number of halogens is 2. The monoisotopic (exact) mass is 329 g/mol. The van der Waals surface area contributed by atoms with E-state index in [4.69, 9.17) is 16.3 Å². The number of pyridine rings is 1. The van der Waals surface area contributed by atoms with Crippen LogP contribution in [-0.4, -0.2) is 17.6 Å². The van der Waals surface area contributed by atoms with Crippen LogP contribution in [0.2, 0.25) is 5.02 Å². The lowest BCUT2D eigenvalue weighted by atomic mass is 10.1. The van der Waals surface area contributed by atoms with Crippen LogP contribution in [0.15, 0.2) is 16.6 Å². The van der Waals surface area contributed by atoms with Gasteiger partial charge in [0, 0.05) is 4.48 Å². The highest BCUT2D eigenvalue weighted by molar-refractivity contribution is 9.11. The Morgan fingerprint density at radius 3 is 2.89 bits per heavy atom. The lowest BCUT2D eigenvalue weighted by molar-refractivity contribution is 0.0519. The maximum Gasteiger partial charge on any atom is 0.358 e. The molecule has 1 aliphatic rings. The Hall–Kier alpha value is -0.870. The van der Waals surface area contributed by atoms with Crippen LogP contribution in [0.25, 0.3) is 5.57 Å². The van der Waals surface area contributed by atoms with Gasteiger partial charge in [-0.2, -0.15) is 0 Å². The standard InChI is InChI=1S/C13H13BrClNO2/c1-2-18-13(17)12-10(15)6-7-11(16-12)8-4-3-5-9(8)14/h6-7H,2-5H2,1H3. The zero-order valence-corrected chi connectivity index (χ0v) is 12.3. The van der Waals surface area contributed by atoms with Gasteiger partial charge in [0.15, 0.2) is 5.69 Å². The van der Waals surface area contributed by atoms with Crippen LogP contribution in [0.1, 0.15) is 42.4 Å². The number of carbonyl (C=O) groups is 1. The Morgan fingerprint density at radius 2 is 2.28 bits per heavy atom. The molecular weight excluding hydrogens is 318 g/mol. The summed E-state index contributed by atoms with van der Waals surface area (Å²) in [6.07, 6.45) is 3.10. The predicted molar refractivity (Wildman–Crippen MR) is 74.9 cm³/mol. The highest BCUT2D eigenvalue weighted by Gasteiger charge is 2.19. The van der Waals surface area contributed by atoms with Crippen molar-refractivity contribution in [2.24, 2.45) is 0 Å². The molecule has 96 valence electrons. The number of ether oxygens (including phenoxy) is 1. The van der Waals surface area contributed by atoms with Gasteiger partial charge in [0.1, 0.15) is 0 Å². The lowest BCUT2D eigenvalue weighted by Gasteiger charge is -2.07. The molecule has 0 spiro atoms. The molecule has 0 aromatic carbocycles. The van der Waals surface area contributed by atoms with Gasteiger partial charge in [-0.15, -0.1) is 0 Å². The summed E-state index contributed by atoms with van der Waals surface area (Å²) in [5.41, 5.74) is 2.14. The fourth-order valence-corrected chi connectivity index (χ4v) is 2.79. The van der Waals surface area contributed by atoms with Gasteiger partial charge in [-0.3, -0.25) is 0 Å². The Labute approximate surface area is 119 Å². The van der Waals surface area contributed by atoms with Gasteiger partial charge in [0.2, 0.25) is 0 Å². The van der Waals surface area contributed by atoms with E-state index >= 15 is 0 Å². The van der Waals surface area contributed by atoms with Crippen molar-refractivity contribution in [2.45, 2.75) is 26.2 Å². The van der Waals surface area contributed by atoms with Crippen LogP contribution in [0.5, 0.6) is 0 Å². The second-order valence-electron chi connectivity index (χ2n) is 3.98. The number of allylic oxidation sites excluding steroid dienone is 2. The molecule has 0 N–H and O–H groups in total. The molecule has 0 saturated heterocycles. The van der Waals surface area contributed by atoms with E-state index in [9.17, 15) is 4.79 Å². The summed E-state index contributed by atoms with van der Waals surface area (Å²) in [4.78, 5) is 16.0. The fraction of sp³-hybridized carbons (Fsp3) is 0.385. The Morgan fingerprint density at radius 1 is 1.50 bits per heavy atom. The van der Waals surface area contributed by atoms with E-state index in [1.807, 2.05) is 6.07 Å². The molecule has 1 heterocycles. The van der Waals surface area contributed by atoms with Crippen molar-refractivity contribution in [3.63, 3.8) is 0 Å². The zero-order valence-electron chi connectivity index (χ0n) is 10.0. The normalized spacial score (nSPS) is 15.1. The topological polar surface area (TPSA) is 39.2 Å². The Kier molecular flexibility index (Phi) is 4.40. The minimum Gasteiger partial charge on any atom is -0.461 e. The molecule has 0 radical (unpaired) electrons. The average molecular weight is 331 g/mol. The highest BCUT2D eigenvalue weighted by atomic mass is 79.9. The van der Waals surface area contributed by atoms with Gasteiger partial charge in [-0.05, 0) is 43.9 Å². The molecular formula is C13H13BrClNO2.